The topological polar surface area (TPSA) is 65.2 Å². The van der Waals surface area contributed by atoms with Crippen molar-refractivity contribution in [1.29, 1.82) is 0 Å². The number of carbonyl (C=O) groups excluding carboxylic acids is 1. The Hall–Kier alpha value is -1.53. The molecule has 104 valence electrons. The SMILES string of the molecule is CCOC(=O)c1cc(Sc2ccccc2Br)ncc1N. The van der Waals surface area contributed by atoms with Crippen LogP contribution in [0.5, 0.6) is 0 Å². The Labute approximate surface area is 129 Å². The molecule has 0 saturated carbocycles. The zero-order chi connectivity index (χ0) is 14.5. The average molecular weight is 353 g/mol. The zero-order valence-electron chi connectivity index (χ0n) is 10.8. The van der Waals surface area contributed by atoms with Crippen molar-refractivity contribution in [2.75, 3.05) is 12.3 Å². The maximum atomic E-state index is 11.8. The van der Waals surface area contributed by atoms with E-state index < -0.39 is 5.97 Å². The van der Waals surface area contributed by atoms with Crippen LogP contribution in [0.1, 0.15) is 17.3 Å². The summed E-state index contributed by atoms with van der Waals surface area (Å²) < 4.78 is 5.95. The molecule has 2 N–H and O–H groups in total. The number of rotatable bonds is 4. The van der Waals surface area contributed by atoms with E-state index in [9.17, 15) is 4.79 Å². The fourth-order valence-corrected chi connectivity index (χ4v) is 2.88. The number of ether oxygens (including phenoxy) is 1. The van der Waals surface area contributed by atoms with Crippen molar-refractivity contribution >= 4 is 39.3 Å². The van der Waals surface area contributed by atoms with E-state index >= 15 is 0 Å². The van der Waals surface area contributed by atoms with Crippen molar-refractivity contribution in [2.45, 2.75) is 16.8 Å². The summed E-state index contributed by atoms with van der Waals surface area (Å²) in [4.78, 5) is 17.0. The molecule has 0 aliphatic rings. The van der Waals surface area contributed by atoms with Gasteiger partial charge in [0.1, 0.15) is 5.03 Å². The van der Waals surface area contributed by atoms with E-state index in [1.807, 2.05) is 24.3 Å². The van der Waals surface area contributed by atoms with E-state index in [0.717, 1.165) is 9.37 Å². The Morgan fingerprint density at radius 1 is 1.45 bits per heavy atom. The van der Waals surface area contributed by atoms with Crippen LogP contribution in [0.25, 0.3) is 0 Å². The third-order valence-corrected chi connectivity index (χ3v) is 4.42. The quantitative estimate of drug-likeness (QED) is 0.848. The minimum absolute atomic E-state index is 0.313. The Bertz CT molecular complexity index is 634. The molecule has 2 aromatic rings. The maximum absolute atomic E-state index is 11.8. The molecular formula is C14H13BrN2O2S. The van der Waals surface area contributed by atoms with E-state index in [-0.39, 0.29) is 0 Å². The van der Waals surface area contributed by atoms with Gasteiger partial charge >= 0.3 is 5.97 Å². The number of halogens is 1. The normalized spacial score (nSPS) is 10.3. The standard InChI is InChI=1S/C14H13BrN2O2S/c1-2-19-14(18)9-7-13(17-8-11(9)16)20-12-6-4-3-5-10(12)15/h3-8H,2,16H2,1H3. The minimum Gasteiger partial charge on any atom is -0.462 e. The summed E-state index contributed by atoms with van der Waals surface area (Å²) in [5.74, 6) is -0.429. The number of nitrogens with zero attached hydrogens (tertiary/aromatic N) is 1. The predicted octanol–water partition coefficient (Wildman–Crippen LogP) is 3.75. The van der Waals surface area contributed by atoms with Crippen LogP contribution in [0.2, 0.25) is 0 Å². The molecule has 4 nitrogen and oxygen atoms in total. The summed E-state index contributed by atoms with van der Waals surface area (Å²) in [7, 11) is 0. The monoisotopic (exact) mass is 352 g/mol. The van der Waals surface area contributed by atoms with Crippen LogP contribution in [-0.4, -0.2) is 17.6 Å². The van der Waals surface area contributed by atoms with E-state index in [1.165, 1.54) is 18.0 Å². The first-order valence-corrected chi connectivity index (χ1v) is 7.57. The molecule has 0 unspecified atom stereocenters. The van der Waals surface area contributed by atoms with Crippen LogP contribution in [0.3, 0.4) is 0 Å². The largest absolute Gasteiger partial charge is 0.462 e. The van der Waals surface area contributed by atoms with E-state index in [4.69, 9.17) is 10.5 Å². The highest BCUT2D eigenvalue weighted by atomic mass is 79.9. The lowest BCUT2D eigenvalue weighted by Gasteiger charge is -2.08. The number of hydrogen-bond donors (Lipinski definition) is 1. The number of hydrogen-bond acceptors (Lipinski definition) is 5. The Morgan fingerprint density at radius 2 is 2.20 bits per heavy atom. The number of carbonyl (C=O) groups is 1. The smallest absolute Gasteiger partial charge is 0.340 e. The first-order chi connectivity index (χ1) is 9.61. The predicted molar refractivity (Wildman–Crippen MR) is 82.9 cm³/mol. The number of nitrogens with two attached hydrogens (primary N) is 1. The lowest BCUT2D eigenvalue weighted by atomic mass is 10.2. The minimum atomic E-state index is -0.429. The first kappa shape index (κ1) is 14.9. The highest BCUT2D eigenvalue weighted by Gasteiger charge is 2.13. The zero-order valence-corrected chi connectivity index (χ0v) is 13.2. The van der Waals surface area contributed by atoms with E-state index in [1.54, 1.807) is 13.0 Å². The first-order valence-electron chi connectivity index (χ1n) is 5.97. The van der Waals surface area contributed by atoms with Gasteiger partial charge < -0.3 is 10.5 Å². The number of pyridine rings is 1. The third-order valence-electron chi connectivity index (χ3n) is 2.46. The van der Waals surface area contributed by atoms with Crippen molar-refractivity contribution in [2.24, 2.45) is 0 Å². The number of benzene rings is 1. The molecule has 1 aromatic carbocycles. The van der Waals surface area contributed by atoms with Gasteiger partial charge in [-0.25, -0.2) is 9.78 Å². The van der Waals surface area contributed by atoms with Gasteiger partial charge in [-0.15, -0.1) is 0 Å². The molecule has 0 aliphatic heterocycles. The second-order valence-electron chi connectivity index (χ2n) is 3.86. The number of aromatic nitrogens is 1. The summed E-state index contributed by atoms with van der Waals surface area (Å²) >= 11 is 4.93. The summed E-state index contributed by atoms with van der Waals surface area (Å²) in [6.45, 7) is 2.07. The summed E-state index contributed by atoms with van der Waals surface area (Å²) in [5, 5.41) is 0.689. The van der Waals surface area contributed by atoms with E-state index in [2.05, 4.69) is 20.9 Å². The molecule has 6 heteroatoms. The molecule has 0 atom stereocenters. The molecule has 0 radical (unpaired) electrons. The van der Waals surface area contributed by atoms with Crippen LogP contribution in [0, 0.1) is 0 Å². The van der Waals surface area contributed by atoms with Gasteiger partial charge in [0.2, 0.25) is 0 Å². The molecule has 0 amide bonds. The van der Waals surface area contributed by atoms with Crippen molar-refractivity contribution < 1.29 is 9.53 Å². The molecule has 20 heavy (non-hydrogen) atoms. The van der Waals surface area contributed by atoms with Gasteiger partial charge in [0, 0.05) is 9.37 Å². The van der Waals surface area contributed by atoms with Gasteiger partial charge in [0.25, 0.3) is 0 Å². The van der Waals surface area contributed by atoms with Gasteiger partial charge in [0.15, 0.2) is 0 Å². The summed E-state index contributed by atoms with van der Waals surface area (Å²) in [6, 6.07) is 9.45. The van der Waals surface area contributed by atoms with Gasteiger partial charge in [-0.3, -0.25) is 0 Å². The van der Waals surface area contributed by atoms with E-state index in [0.29, 0.717) is 22.9 Å². The Morgan fingerprint density at radius 3 is 2.90 bits per heavy atom. The second-order valence-corrected chi connectivity index (χ2v) is 5.78. The maximum Gasteiger partial charge on any atom is 0.340 e. The van der Waals surface area contributed by atoms with Gasteiger partial charge in [-0.05, 0) is 41.1 Å². The van der Waals surface area contributed by atoms with Crippen LogP contribution < -0.4 is 5.73 Å². The second kappa shape index (κ2) is 6.76. The third kappa shape index (κ3) is 3.52. The summed E-state index contributed by atoms with van der Waals surface area (Å²) in [5.41, 5.74) is 6.43. The van der Waals surface area contributed by atoms with Gasteiger partial charge in [-0.2, -0.15) is 0 Å². The molecule has 0 spiro atoms. The van der Waals surface area contributed by atoms with Crippen LogP contribution >= 0.6 is 27.7 Å². The molecule has 1 heterocycles. The van der Waals surface area contributed by atoms with Crippen molar-refractivity contribution in [3.05, 3.63) is 46.6 Å². The average Bonchev–Trinajstić information content (AvgIpc) is 2.43. The lowest BCUT2D eigenvalue weighted by molar-refractivity contribution is 0.0527. The fourth-order valence-electron chi connectivity index (χ4n) is 1.53. The Kier molecular flexibility index (Phi) is 5.03. The van der Waals surface area contributed by atoms with Gasteiger partial charge in [0.05, 0.1) is 24.1 Å². The van der Waals surface area contributed by atoms with Crippen LogP contribution in [0.15, 0.2) is 50.9 Å². The molecule has 0 aliphatic carbocycles. The molecular weight excluding hydrogens is 340 g/mol. The molecule has 0 fully saturated rings. The highest BCUT2D eigenvalue weighted by molar-refractivity contribution is 9.10. The van der Waals surface area contributed by atoms with Crippen LogP contribution in [0.4, 0.5) is 5.69 Å². The highest BCUT2D eigenvalue weighted by Crippen LogP contribution is 2.33. The lowest BCUT2D eigenvalue weighted by Crippen LogP contribution is -2.08. The van der Waals surface area contributed by atoms with Crippen molar-refractivity contribution in [3.8, 4) is 0 Å². The van der Waals surface area contributed by atoms with Crippen molar-refractivity contribution in [3.63, 3.8) is 0 Å². The fraction of sp³-hybridized carbons (Fsp3) is 0.143. The number of anilines is 1. The Balaban J connectivity index is 2.28. The van der Waals surface area contributed by atoms with Crippen LogP contribution in [-0.2, 0) is 4.74 Å². The molecule has 1 aromatic heterocycles. The molecule has 2 rings (SSSR count). The van der Waals surface area contributed by atoms with Crippen molar-refractivity contribution in [1.82, 2.24) is 4.98 Å². The molecule has 0 saturated heterocycles. The number of nitrogen functional groups attached to an aromatic ring is 1. The number of esters is 1. The summed E-state index contributed by atoms with van der Waals surface area (Å²) in [6.07, 6.45) is 1.48. The van der Waals surface area contributed by atoms with Gasteiger partial charge in [-0.1, -0.05) is 23.9 Å². The molecule has 0 bridgehead atoms.